The van der Waals surface area contributed by atoms with E-state index in [1.165, 1.54) is 18.5 Å². The number of nitrogens with two attached hydrogens (primary N) is 1. The van der Waals surface area contributed by atoms with Gasteiger partial charge in [0, 0.05) is 13.1 Å². The summed E-state index contributed by atoms with van der Waals surface area (Å²) < 4.78 is 5.77. The Morgan fingerprint density at radius 2 is 2.00 bits per heavy atom. The lowest BCUT2D eigenvalue weighted by atomic mass is 10.1. The van der Waals surface area contributed by atoms with Crippen LogP contribution in [-0.2, 0) is 6.42 Å². The first kappa shape index (κ1) is 14.4. The molecule has 19 heavy (non-hydrogen) atoms. The highest BCUT2D eigenvalue weighted by Crippen LogP contribution is 2.37. The lowest BCUT2D eigenvalue weighted by molar-refractivity contribution is 0.230. The van der Waals surface area contributed by atoms with Gasteiger partial charge in [0.1, 0.15) is 12.4 Å². The minimum Gasteiger partial charge on any atom is -0.492 e. The van der Waals surface area contributed by atoms with Crippen molar-refractivity contribution in [2.45, 2.75) is 19.8 Å². The van der Waals surface area contributed by atoms with Gasteiger partial charge in [0.15, 0.2) is 0 Å². The lowest BCUT2D eigenvalue weighted by Gasteiger charge is -2.16. The summed E-state index contributed by atoms with van der Waals surface area (Å²) in [5.41, 5.74) is 6.80. The first-order valence-electron chi connectivity index (χ1n) is 7.29. The number of ether oxygens (including phenoxy) is 1. The molecular weight excluding hydrogens is 236 g/mol. The van der Waals surface area contributed by atoms with Gasteiger partial charge in [-0.15, -0.1) is 0 Å². The number of likely N-dealkylation sites (N-methyl/N-ethyl adjacent to an activating group) is 1. The third-order valence-corrected chi connectivity index (χ3v) is 3.92. The summed E-state index contributed by atoms with van der Waals surface area (Å²) in [7, 11) is 2.18. The zero-order valence-electron chi connectivity index (χ0n) is 12.1. The van der Waals surface area contributed by atoms with Gasteiger partial charge in [-0.2, -0.15) is 0 Å². The van der Waals surface area contributed by atoms with Crippen LogP contribution in [0.4, 0.5) is 0 Å². The van der Waals surface area contributed by atoms with Gasteiger partial charge in [-0.1, -0.05) is 19.1 Å². The minimum absolute atomic E-state index is 0.699. The van der Waals surface area contributed by atoms with Crippen molar-refractivity contribution in [3.05, 3.63) is 29.8 Å². The number of nitrogens with zero attached hydrogens (tertiary/aromatic N) is 1. The standard InChI is InChI=1S/C16H26N2O/c1-13-11-15(13)12-18(2)9-10-19-16-5-3-14(4-6-16)7-8-17/h3-6,13,15H,7-12,17H2,1-2H3. The average Bonchev–Trinajstić information content (AvgIpc) is 3.07. The molecule has 1 saturated carbocycles. The molecule has 3 nitrogen and oxygen atoms in total. The van der Waals surface area contributed by atoms with Crippen LogP contribution >= 0.6 is 0 Å². The highest BCUT2D eigenvalue weighted by atomic mass is 16.5. The molecule has 1 aromatic rings. The van der Waals surface area contributed by atoms with Crippen molar-refractivity contribution in [3.8, 4) is 5.75 Å². The van der Waals surface area contributed by atoms with Crippen LogP contribution in [0.5, 0.6) is 5.75 Å². The van der Waals surface area contributed by atoms with Crippen LogP contribution in [0.3, 0.4) is 0 Å². The van der Waals surface area contributed by atoms with E-state index >= 15 is 0 Å². The molecule has 0 amide bonds. The Kier molecular flexibility index (Phi) is 5.23. The fourth-order valence-corrected chi connectivity index (χ4v) is 2.38. The van der Waals surface area contributed by atoms with E-state index < -0.39 is 0 Å². The summed E-state index contributed by atoms with van der Waals surface area (Å²) >= 11 is 0. The van der Waals surface area contributed by atoms with Gasteiger partial charge >= 0.3 is 0 Å². The molecule has 1 fully saturated rings. The molecular formula is C16H26N2O. The van der Waals surface area contributed by atoms with Crippen LogP contribution in [0.15, 0.2) is 24.3 Å². The van der Waals surface area contributed by atoms with Crippen molar-refractivity contribution in [1.82, 2.24) is 4.90 Å². The average molecular weight is 262 g/mol. The topological polar surface area (TPSA) is 38.5 Å². The Morgan fingerprint density at radius 3 is 2.58 bits per heavy atom. The molecule has 2 unspecified atom stereocenters. The second kappa shape index (κ2) is 6.92. The van der Waals surface area contributed by atoms with Crippen LogP contribution in [0.1, 0.15) is 18.9 Å². The highest BCUT2D eigenvalue weighted by Gasteiger charge is 2.32. The van der Waals surface area contributed by atoms with Gasteiger partial charge < -0.3 is 15.4 Å². The SMILES string of the molecule is CC1CC1CN(C)CCOc1ccc(CCN)cc1. The van der Waals surface area contributed by atoms with Crippen LogP contribution in [0.25, 0.3) is 0 Å². The van der Waals surface area contributed by atoms with Gasteiger partial charge in [0.2, 0.25) is 0 Å². The van der Waals surface area contributed by atoms with E-state index in [4.69, 9.17) is 10.5 Å². The third kappa shape index (κ3) is 4.84. The number of rotatable bonds is 8. The Labute approximate surface area is 116 Å². The second-order valence-electron chi connectivity index (χ2n) is 5.77. The Hall–Kier alpha value is -1.06. The molecule has 0 bridgehead atoms. The first-order chi connectivity index (χ1) is 9.19. The molecule has 106 valence electrons. The summed E-state index contributed by atoms with van der Waals surface area (Å²) in [5, 5.41) is 0. The van der Waals surface area contributed by atoms with Crippen LogP contribution < -0.4 is 10.5 Å². The molecule has 0 spiro atoms. The third-order valence-electron chi connectivity index (χ3n) is 3.92. The Bertz CT molecular complexity index is 377. The number of hydrogen-bond acceptors (Lipinski definition) is 3. The molecule has 2 rings (SSSR count). The zero-order chi connectivity index (χ0) is 13.7. The molecule has 0 heterocycles. The maximum Gasteiger partial charge on any atom is 0.119 e. The molecule has 2 atom stereocenters. The summed E-state index contributed by atoms with van der Waals surface area (Å²) in [6.45, 7) is 5.99. The predicted octanol–water partition coefficient (Wildman–Crippen LogP) is 2.15. The number of benzene rings is 1. The van der Waals surface area contributed by atoms with Gasteiger partial charge in [-0.25, -0.2) is 0 Å². The normalized spacial score (nSPS) is 21.7. The molecule has 0 aromatic heterocycles. The first-order valence-corrected chi connectivity index (χ1v) is 7.29. The molecule has 0 radical (unpaired) electrons. The quantitative estimate of drug-likeness (QED) is 0.780. The van der Waals surface area contributed by atoms with E-state index in [0.29, 0.717) is 6.54 Å². The largest absolute Gasteiger partial charge is 0.492 e. The van der Waals surface area contributed by atoms with E-state index in [1.807, 2.05) is 12.1 Å². The fraction of sp³-hybridized carbons (Fsp3) is 0.625. The van der Waals surface area contributed by atoms with E-state index in [0.717, 1.165) is 37.2 Å². The maximum atomic E-state index is 5.77. The van der Waals surface area contributed by atoms with E-state index in [1.54, 1.807) is 0 Å². The maximum absolute atomic E-state index is 5.77. The fourth-order valence-electron chi connectivity index (χ4n) is 2.38. The number of hydrogen-bond donors (Lipinski definition) is 1. The molecule has 3 heteroatoms. The van der Waals surface area contributed by atoms with Crippen LogP contribution in [0.2, 0.25) is 0 Å². The van der Waals surface area contributed by atoms with E-state index in [9.17, 15) is 0 Å². The van der Waals surface area contributed by atoms with E-state index in [-0.39, 0.29) is 0 Å². The van der Waals surface area contributed by atoms with E-state index in [2.05, 4.69) is 31.0 Å². The molecule has 1 aliphatic carbocycles. The van der Waals surface area contributed by atoms with Crippen molar-refractivity contribution in [2.24, 2.45) is 17.6 Å². The van der Waals surface area contributed by atoms with Crippen LogP contribution in [0, 0.1) is 11.8 Å². The van der Waals surface area contributed by atoms with Crippen molar-refractivity contribution in [1.29, 1.82) is 0 Å². The summed E-state index contributed by atoms with van der Waals surface area (Å²) in [4.78, 5) is 2.37. The smallest absolute Gasteiger partial charge is 0.119 e. The Morgan fingerprint density at radius 1 is 1.32 bits per heavy atom. The monoisotopic (exact) mass is 262 g/mol. The molecule has 0 saturated heterocycles. The molecule has 1 aliphatic rings. The van der Waals surface area contributed by atoms with Gasteiger partial charge in [-0.05, 0) is 56.0 Å². The Balaban J connectivity index is 1.64. The summed E-state index contributed by atoms with van der Waals surface area (Å²) in [5.74, 6) is 2.80. The summed E-state index contributed by atoms with van der Waals surface area (Å²) in [6.07, 6.45) is 2.33. The molecule has 0 aliphatic heterocycles. The van der Waals surface area contributed by atoms with Crippen molar-refractivity contribution in [3.63, 3.8) is 0 Å². The molecule has 2 N–H and O–H groups in total. The lowest BCUT2D eigenvalue weighted by Crippen LogP contribution is -2.26. The van der Waals surface area contributed by atoms with Crippen LogP contribution in [-0.4, -0.2) is 38.2 Å². The van der Waals surface area contributed by atoms with Gasteiger partial charge in [-0.3, -0.25) is 0 Å². The predicted molar refractivity (Wildman–Crippen MR) is 79.5 cm³/mol. The van der Waals surface area contributed by atoms with Gasteiger partial charge in [0.25, 0.3) is 0 Å². The molecule has 1 aromatic carbocycles. The van der Waals surface area contributed by atoms with Crippen molar-refractivity contribution >= 4 is 0 Å². The van der Waals surface area contributed by atoms with Crippen molar-refractivity contribution < 1.29 is 4.74 Å². The zero-order valence-corrected chi connectivity index (χ0v) is 12.1. The summed E-state index contributed by atoms with van der Waals surface area (Å²) in [6, 6.07) is 8.26. The van der Waals surface area contributed by atoms with Gasteiger partial charge in [0.05, 0.1) is 0 Å². The minimum atomic E-state index is 0.699. The second-order valence-corrected chi connectivity index (χ2v) is 5.77. The highest BCUT2D eigenvalue weighted by molar-refractivity contribution is 5.27. The van der Waals surface area contributed by atoms with Crippen molar-refractivity contribution in [2.75, 3.05) is 33.3 Å².